The summed E-state index contributed by atoms with van der Waals surface area (Å²) in [6.45, 7) is 4.34. The zero-order chi connectivity index (χ0) is 25.9. The summed E-state index contributed by atoms with van der Waals surface area (Å²) in [5.41, 5.74) is 0. The van der Waals surface area contributed by atoms with E-state index >= 15 is 0 Å². The first kappa shape index (κ1) is 32.4. The lowest BCUT2D eigenvalue weighted by atomic mass is 10.0. The van der Waals surface area contributed by atoms with E-state index in [-0.39, 0.29) is 19.3 Å². The summed E-state index contributed by atoms with van der Waals surface area (Å²) >= 11 is 0. The van der Waals surface area contributed by atoms with Crippen LogP contribution >= 0.6 is 0 Å². The van der Waals surface area contributed by atoms with Gasteiger partial charge < -0.3 is 18.9 Å². The summed E-state index contributed by atoms with van der Waals surface area (Å²) in [6, 6.07) is 5.82. The Kier molecular flexibility index (Phi) is 22.5. The van der Waals surface area contributed by atoms with Crippen LogP contribution < -0.4 is 4.57 Å². The van der Waals surface area contributed by atoms with Crippen LogP contribution in [0.4, 0.5) is 4.79 Å². The third-order valence-electron chi connectivity index (χ3n) is 6.44. The highest BCUT2D eigenvalue weighted by atomic mass is 16.7. The average molecular weight is 509 g/mol. The first-order valence-corrected chi connectivity index (χ1v) is 14.6. The van der Waals surface area contributed by atoms with Gasteiger partial charge in [-0.1, -0.05) is 109 Å². The molecule has 1 aromatic rings. The quantitative estimate of drug-likeness (QED) is 0.0781. The van der Waals surface area contributed by atoms with Crippen molar-refractivity contribution in [3.05, 3.63) is 30.6 Å². The molecule has 1 aromatic heterocycles. The second kappa shape index (κ2) is 25.0. The summed E-state index contributed by atoms with van der Waals surface area (Å²) in [4.78, 5) is 11.8. The van der Waals surface area contributed by atoms with Crippen molar-refractivity contribution in [2.24, 2.45) is 0 Å². The van der Waals surface area contributed by atoms with Crippen LogP contribution in [-0.4, -0.2) is 45.8 Å². The smallest absolute Gasteiger partial charge is 0.431 e. The number of rotatable bonds is 25. The molecule has 0 bridgehead atoms. The predicted octanol–water partition coefficient (Wildman–Crippen LogP) is 7.42. The first-order valence-electron chi connectivity index (χ1n) is 14.6. The van der Waals surface area contributed by atoms with Gasteiger partial charge in [0.2, 0.25) is 0 Å². The van der Waals surface area contributed by atoms with Crippen LogP contribution in [0, 0.1) is 0 Å². The minimum absolute atomic E-state index is 0.143. The fourth-order valence-corrected chi connectivity index (χ4v) is 4.25. The van der Waals surface area contributed by atoms with Crippen LogP contribution in [0.25, 0.3) is 0 Å². The molecule has 0 saturated heterocycles. The third kappa shape index (κ3) is 20.5. The normalized spacial score (nSPS) is 11.9. The van der Waals surface area contributed by atoms with E-state index in [0.717, 1.165) is 6.42 Å². The molecule has 0 aliphatic rings. The monoisotopic (exact) mass is 508 g/mol. The summed E-state index contributed by atoms with van der Waals surface area (Å²) in [7, 11) is 1.63. The molecule has 0 aliphatic carbocycles. The number of nitrogens with zero attached hydrogens (tertiary/aromatic N) is 1. The van der Waals surface area contributed by atoms with Gasteiger partial charge in [0, 0.05) is 25.8 Å². The molecule has 0 spiro atoms. The van der Waals surface area contributed by atoms with Gasteiger partial charge >= 0.3 is 6.16 Å². The van der Waals surface area contributed by atoms with E-state index in [4.69, 9.17) is 18.9 Å². The van der Waals surface area contributed by atoms with E-state index in [1.165, 1.54) is 96.3 Å². The lowest BCUT2D eigenvalue weighted by Gasteiger charge is -2.17. The van der Waals surface area contributed by atoms with E-state index in [1.807, 2.05) is 35.2 Å². The zero-order valence-electron chi connectivity index (χ0n) is 23.3. The second-order valence-corrected chi connectivity index (χ2v) is 9.77. The van der Waals surface area contributed by atoms with Crippen LogP contribution in [0.5, 0.6) is 0 Å². The van der Waals surface area contributed by atoms with Crippen molar-refractivity contribution in [3.8, 4) is 0 Å². The van der Waals surface area contributed by atoms with E-state index < -0.39 is 6.16 Å². The number of ether oxygens (including phenoxy) is 4. The standard InChI is InChI=1S/C30H54NO5/c1-3-4-5-6-7-8-9-10-11-12-13-14-15-16-17-21-25-34-29(27-33-2)28-36-30(32)35-26-24-31-22-19-18-20-23-31/h18-20,22-23,29H,3-17,21,24-28H2,1-2H3/q+1/t29-/m1/s1. The molecule has 1 rings (SSSR count). The molecular formula is C30H54NO5+. The Bertz CT molecular complexity index is 598. The molecule has 0 aromatic carbocycles. The summed E-state index contributed by atoms with van der Waals surface area (Å²) in [6.07, 6.45) is 24.6. The topological polar surface area (TPSA) is 57.9 Å². The van der Waals surface area contributed by atoms with Crippen molar-refractivity contribution < 1.29 is 28.3 Å². The Morgan fingerprint density at radius 1 is 0.667 bits per heavy atom. The number of hydrogen-bond donors (Lipinski definition) is 0. The van der Waals surface area contributed by atoms with Crippen LogP contribution in [-0.2, 0) is 25.5 Å². The van der Waals surface area contributed by atoms with Crippen LogP contribution in [0.1, 0.15) is 110 Å². The molecule has 0 amide bonds. The molecule has 0 saturated carbocycles. The number of carbonyl (C=O) groups is 1. The largest absolute Gasteiger partial charge is 0.508 e. The van der Waals surface area contributed by atoms with Gasteiger partial charge in [0.1, 0.15) is 12.7 Å². The van der Waals surface area contributed by atoms with Crippen molar-refractivity contribution >= 4 is 6.16 Å². The highest BCUT2D eigenvalue weighted by Crippen LogP contribution is 2.13. The molecule has 208 valence electrons. The summed E-state index contributed by atoms with van der Waals surface area (Å²) in [5.74, 6) is 0. The number of hydrogen-bond acceptors (Lipinski definition) is 5. The van der Waals surface area contributed by atoms with Crippen molar-refractivity contribution in [1.29, 1.82) is 0 Å². The summed E-state index contributed by atoms with van der Waals surface area (Å²) in [5, 5.41) is 0. The molecule has 36 heavy (non-hydrogen) atoms. The average Bonchev–Trinajstić information content (AvgIpc) is 2.89. The fraction of sp³-hybridized carbons (Fsp3) is 0.800. The molecule has 0 fully saturated rings. The Labute approximate surface area is 221 Å². The SMILES string of the molecule is CCCCCCCCCCCCCCCCCCO[C@H](COC)COC(=O)OCC[n+]1ccccc1. The number of methoxy groups -OCH3 is 1. The van der Waals surface area contributed by atoms with Gasteiger partial charge in [0.05, 0.1) is 6.61 Å². The Hall–Kier alpha value is -1.66. The molecule has 1 heterocycles. The molecule has 0 aliphatic heterocycles. The van der Waals surface area contributed by atoms with Crippen molar-refractivity contribution in [2.75, 3.05) is 33.5 Å². The lowest BCUT2D eigenvalue weighted by molar-refractivity contribution is -0.698. The van der Waals surface area contributed by atoms with E-state index in [2.05, 4.69) is 6.92 Å². The zero-order valence-corrected chi connectivity index (χ0v) is 23.3. The maximum atomic E-state index is 11.8. The molecule has 0 N–H and O–H groups in total. The first-order chi connectivity index (χ1) is 17.8. The molecule has 6 heteroatoms. The summed E-state index contributed by atoms with van der Waals surface area (Å²) < 4.78 is 23.3. The van der Waals surface area contributed by atoms with E-state index in [1.54, 1.807) is 7.11 Å². The highest BCUT2D eigenvalue weighted by Gasteiger charge is 2.14. The second-order valence-electron chi connectivity index (χ2n) is 9.77. The lowest BCUT2D eigenvalue weighted by Crippen LogP contribution is -2.35. The molecular weight excluding hydrogens is 454 g/mol. The van der Waals surface area contributed by atoms with Gasteiger partial charge in [0.15, 0.2) is 25.5 Å². The van der Waals surface area contributed by atoms with Crippen LogP contribution in [0.15, 0.2) is 30.6 Å². The van der Waals surface area contributed by atoms with Gasteiger partial charge in [-0.25, -0.2) is 9.36 Å². The third-order valence-corrected chi connectivity index (χ3v) is 6.44. The minimum atomic E-state index is -0.668. The highest BCUT2D eigenvalue weighted by molar-refractivity contribution is 5.59. The Morgan fingerprint density at radius 2 is 1.19 bits per heavy atom. The van der Waals surface area contributed by atoms with Gasteiger partial charge in [0.25, 0.3) is 0 Å². The Morgan fingerprint density at radius 3 is 1.72 bits per heavy atom. The van der Waals surface area contributed by atoms with E-state index in [0.29, 0.717) is 19.8 Å². The van der Waals surface area contributed by atoms with Gasteiger partial charge in [-0.2, -0.15) is 0 Å². The van der Waals surface area contributed by atoms with Crippen molar-refractivity contribution in [3.63, 3.8) is 0 Å². The molecule has 0 unspecified atom stereocenters. The predicted molar refractivity (Wildman–Crippen MR) is 145 cm³/mol. The van der Waals surface area contributed by atoms with Crippen molar-refractivity contribution in [2.45, 2.75) is 122 Å². The van der Waals surface area contributed by atoms with E-state index in [9.17, 15) is 4.79 Å². The maximum Gasteiger partial charge on any atom is 0.508 e. The Balaban J connectivity index is 1.89. The molecule has 1 atom stereocenters. The minimum Gasteiger partial charge on any atom is -0.431 e. The van der Waals surface area contributed by atoms with Crippen LogP contribution in [0.3, 0.4) is 0 Å². The molecule has 6 nitrogen and oxygen atoms in total. The van der Waals surface area contributed by atoms with Gasteiger partial charge in [-0.3, -0.25) is 0 Å². The number of pyridine rings is 1. The molecule has 0 radical (unpaired) electrons. The number of unbranched alkanes of at least 4 members (excludes halogenated alkanes) is 15. The van der Waals surface area contributed by atoms with Crippen molar-refractivity contribution in [1.82, 2.24) is 0 Å². The number of aromatic nitrogens is 1. The van der Waals surface area contributed by atoms with Crippen LogP contribution in [0.2, 0.25) is 0 Å². The van der Waals surface area contributed by atoms with Gasteiger partial charge in [-0.15, -0.1) is 0 Å². The van der Waals surface area contributed by atoms with Gasteiger partial charge in [-0.05, 0) is 6.42 Å². The maximum absolute atomic E-state index is 11.8. The number of carbonyl (C=O) groups excluding carboxylic acids is 1. The fourth-order valence-electron chi connectivity index (χ4n) is 4.25.